The number of benzene rings is 3. The molecule has 0 saturated carbocycles. The van der Waals surface area contributed by atoms with Crippen LogP contribution in [0.2, 0.25) is 0 Å². The molecule has 1 aromatic heterocycles. The summed E-state index contributed by atoms with van der Waals surface area (Å²) in [7, 11) is 0. The fourth-order valence-electron chi connectivity index (χ4n) is 2.60. The van der Waals surface area contributed by atoms with Gasteiger partial charge in [0.05, 0.1) is 11.9 Å². The largest absolute Gasteiger partial charge is 0.253 e. The third-order valence-corrected chi connectivity index (χ3v) is 4.49. The first kappa shape index (κ1) is 14.6. The van der Waals surface area contributed by atoms with Crippen molar-refractivity contribution in [2.75, 3.05) is 5.43 Å². The lowest BCUT2D eigenvalue weighted by molar-refractivity contribution is 1.29. The van der Waals surface area contributed by atoms with Gasteiger partial charge in [-0.2, -0.15) is 5.10 Å². The minimum Gasteiger partial charge on any atom is -0.253 e. The zero-order valence-corrected chi connectivity index (χ0v) is 13.7. The van der Waals surface area contributed by atoms with E-state index in [1.54, 1.807) is 17.6 Å². The van der Waals surface area contributed by atoms with Crippen molar-refractivity contribution in [1.29, 1.82) is 0 Å². The molecule has 0 aliphatic carbocycles. The van der Waals surface area contributed by atoms with Crippen molar-refractivity contribution in [3.05, 3.63) is 83.7 Å². The molecule has 0 spiro atoms. The molecule has 0 atom stereocenters. The Labute approximate surface area is 144 Å². The first-order chi connectivity index (χ1) is 11.9. The van der Waals surface area contributed by atoms with E-state index < -0.39 is 0 Å². The van der Waals surface area contributed by atoms with Crippen molar-refractivity contribution in [2.24, 2.45) is 5.10 Å². The Balaban J connectivity index is 1.57. The van der Waals surface area contributed by atoms with Crippen LogP contribution in [-0.2, 0) is 0 Å². The maximum atomic E-state index is 4.66. The fraction of sp³-hybridized carbons (Fsp3) is 0. The van der Waals surface area contributed by atoms with Gasteiger partial charge in [0.2, 0.25) is 5.13 Å². The summed E-state index contributed by atoms with van der Waals surface area (Å²) in [6.07, 6.45) is 1.79. The average Bonchev–Trinajstić information content (AvgIpc) is 3.11. The number of rotatable bonds is 4. The third-order valence-electron chi connectivity index (χ3n) is 3.74. The number of aromatic nitrogens is 1. The molecule has 0 aliphatic rings. The Hall–Kier alpha value is -2.98. The number of hydrazone groups is 1. The zero-order chi connectivity index (χ0) is 16.2. The number of hydrogen-bond acceptors (Lipinski definition) is 4. The van der Waals surface area contributed by atoms with E-state index in [1.807, 2.05) is 30.3 Å². The van der Waals surface area contributed by atoms with Gasteiger partial charge in [0, 0.05) is 10.9 Å². The highest BCUT2D eigenvalue weighted by molar-refractivity contribution is 7.14. The Bertz CT molecular complexity index is 985. The molecule has 0 radical (unpaired) electrons. The second kappa shape index (κ2) is 6.64. The number of anilines is 1. The van der Waals surface area contributed by atoms with Crippen molar-refractivity contribution in [3.63, 3.8) is 0 Å². The molecule has 4 aromatic rings. The normalized spacial score (nSPS) is 11.2. The van der Waals surface area contributed by atoms with Gasteiger partial charge in [0.15, 0.2) is 0 Å². The Morgan fingerprint density at radius 2 is 1.67 bits per heavy atom. The molecule has 0 fully saturated rings. The summed E-state index contributed by atoms with van der Waals surface area (Å²) in [5.74, 6) is 0. The van der Waals surface area contributed by atoms with Crippen LogP contribution in [0.15, 0.2) is 83.3 Å². The van der Waals surface area contributed by atoms with Crippen molar-refractivity contribution in [2.45, 2.75) is 0 Å². The summed E-state index contributed by atoms with van der Waals surface area (Å²) < 4.78 is 0. The lowest BCUT2D eigenvalue weighted by Crippen LogP contribution is -1.90. The maximum Gasteiger partial charge on any atom is 0.203 e. The summed E-state index contributed by atoms with van der Waals surface area (Å²) >= 11 is 1.55. The quantitative estimate of drug-likeness (QED) is 0.401. The minimum atomic E-state index is 0.783. The standard InChI is InChI=1S/C20H15N3S/c1-2-7-15(8-3-1)13-21-23-20-22-19(14-24-20)18-12-6-10-16-9-4-5-11-17(16)18/h1-14H,(H,22,23). The van der Waals surface area contributed by atoms with Crippen LogP contribution in [0, 0.1) is 0 Å². The number of nitrogens with zero attached hydrogens (tertiary/aromatic N) is 2. The van der Waals surface area contributed by atoms with Gasteiger partial charge in [0.1, 0.15) is 0 Å². The van der Waals surface area contributed by atoms with E-state index in [2.05, 4.69) is 63.4 Å². The maximum absolute atomic E-state index is 4.66. The highest BCUT2D eigenvalue weighted by Gasteiger charge is 2.07. The van der Waals surface area contributed by atoms with Crippen LogP contribution in [0.25, 0.3) is 22.0 Å². The van der Waals surface area contributed by atoms with Crippen molar-refractivity contribution in [1.82, 2.24) is 4.98 Å². The van der Waals surface area contributed by atoms with Gasteiger partial charge in [0.25, 0.3) is 0 Å². The van der Waals surface area contributed by atoms with Crippen LogP contribution in [0.5, 0.6) is 0 Å². The van der Waals surface area contributed by atoms with E-state index >= 15 is 0 Å². The second-order valence-corrected chi connectivity index (χ2v) is 6.20. The summed E-state index contributed by atoms with van der Waals surface area (Å²) in [6.45, 7) is 0. The third kappa shape index (κ3) is 3.05. The second-order valence-electron chi connectivity index (χ2n) is 5.35. The molecule has 24 heavy (non-hydrogen) atoms. The van der Waals surface area contributed by atoms with Crippen LogP contribution in [0.4, 0.5) is 5.13 Å². The number of fused-ring (bicyclic) bond motifs is 1. The molecule has 1 N–H and O–H groups in total. The SMILES string of the molecule is C(=NNc1nc(-c2cccc3ccccc23)cs1)c1ccccc1. The van der Waals surface area contributed by atoms with Gasteiger partial charge >= 0.3 is 0 Å². The number of nitrogens with one attached hydrogen (secondary N) is 1. The predicted octanol–water partition coefficient (Wildman–Crippen LogP) is 5.41. The molecule has 0 unspecified atom stereocenters. The molecule has 3 aromatic carbocycles. The summed E-state index contributed by atoms with van der Waals surface area (Å²) in [5, 5.41) is 9.53. The van der Waals surface area contributed by atoms with Crippen molar-refractivity contribution < 1.29 is 0 Å². The molecule has 116 valence electrons. The first-order valence-electron chi connectivity index (χ1n) is 7.68. The van der Waals surface area contributed by atoms with E-state index in [4.69, 9.17) is 0 Å². The van der Waals surface area contributed by atoms with Crippen LogP contribution in [0.1, 0.15) is 5.56 Å². The number of hydrogen-bond donors (Lipinski definition) is 1. The monoisotopic (exact) mass is 329 g/mol. The van der Waals surface area contributed by atoms with Crippen LogP contribution in [-0.4, -0.2) is 11.2 Å². The van der Waals surface area contributed by atoms with Crippen molar-refractivity contribution in [3.8, 4) is 11.3 Å². The minimum absolute atomic E-state index is 0.783. The Kier molecular flexibility index (Phi) is 4.04. The van der Waals surface area contributed by atoms with E-state index in [1.165, 1.54) is 10.8 Å². The highest BCUT2D eigenvalue weighted by atomic mass is 32.1. The molecular formula is C20H15N3S. The molecule has 0 saturated heterocycles. The molecule has 1 heterocycles. The average molecular weight is 329 g/mol. The summed E-state index contributed by atoms with van der Waals surface area (Å²) in [6, 6.07) is 24.6. The molecule has 4 heteroatoms. The fourth-order valence-corrected chi connectivity index (χ4v) is 3.26. The molecule has 0 aliphatic heterocycles. The van der Waals surface area contributed by atoms with E-state index in [0.717, 1.165) is 22.0 Å². The van der Waals surface area contributed by atoms with Crippen LogP contribution in [0.3, 0.4) is 0 Å². The van der Waals surface area contributed by atoms with Gasteiger partial charge in [-0.05, 0) is 16.3 Å². The van der Waals surface area contributed by atoms with E-state index in [-0.39, 0.29) is 0 Å². The lowest BCUT2D eigenvalue weighted by Gasteiger charge is -2.03. The lowest BCUT2D eigenvalue weighted by atomic mass is 10.0. The smallest absolute Gasteiger partial charge is 0.203 e. The topological polar surface area (TPSA) is 37.3 Å². The van der Waals surface area contributed by atoms with Gasteiger partial charge < -0.3 is 0 Å². The first-order valence-corrected chi connectivity index (χ1v) is 8.56. The summed E-state index contributed by atoms with van der Waals surface area (Å²) in [5.41, 5.74) is 6.17. The molecule has 0 amide bonds. The number of thiazole rings is 1. The van der Waals surface area contributed by atoms with Crippen LogP contribution < -0.4 is 5.43 Å². The molecular weight excluding hydrogens is 314 g/mol. The molecule has 4 rings (SSSR count). The van der Waals surface area contributed by atoms with Gasteiger partial charge in [-0.25, -0.2) is 4.98 Å². The molecule has 3 nitrogen and oxygen atoms in total. The van der Waals surface area contributed by atoms with Crippen LogP contribution >= 0.6 is 11.3 Å². The predicted molar refractivity (Wildman–Crippen MR) is 103 cm³/mol. The van der Waals surface area contributed by atoms with Gasteiger partial charge in [-0.15, -0.1) is 11.3 Å². The zero-order valence-electron chi connectivity index (χ0n) is 12.9. The van der Waals surface area contributed by atoms with E-state index in [0.29, 0.717) is 0 Å². The summed E-state index contributed by atoms with van der Waals surface area (Å²) in [4.78, 5) is 4.66. The Morgan fingerprint density at radius 3 is 2.58 bits per heavy atom. The highest BCUT2D eigenvalue weighted by Crippen LogP contribution is 2.30. The Morgan fingerprint density at radius 1 is 0.875 bits per heavy atom. The van der Waals surface area contributed by atoms with Crippen molar-refractivity contribution >= 4 is 33.5 Å². The van der Waals surface area contributed by atoms with Gasteiger partial charge in [-0.3, -0.25) is 5.43 Å². The molecule has 0 bridgehead atoms. The van der Waals surface area contributed by atoms with Gasteiger partial charge in [-0.1, -0.05) is 72.8 Å². The van der Waals surface area contributed by atoms with E-state index in [9.17, 15) is 0 Å².